The minimum atomic E-state index is -0.143. The molecule has 0 radical (unpaired) electrons. The highest BCUT2D eigenvalue weighted by atomic mass is 16.2. The molecule has 1 aromatic carbocycles. The van der Waals surface area contributed by atoms with Crippen LogP contribution in [0.3, 0.4) is 0 Å². The van der Waals surface area contributed by atoms with Crippen molar-refractivity contribution < 1.29 is 9.79 Å². The second kappa shape index (κ2) is 5.80. The Bertz CT molecular complexity index is 335. The van der Waals surface area contributed by atoms with Gasteiger partial charge in [-0.2, -0.15) is 4.90 Å². The third kappa shape index (κ3) is 3.81. The fourth-order valence-corrected chi connectivity index (χ4v) is 1.13. The molecule has 0 spiro atoms. The van der Waals surface area contributed by atoms with Crippen molar-refractivity contribution >= 4 is 12.4 Å². The summed E-state index contributed by atoms with van der Waals surface area (Å²) in [6.07, 6.45) is 1.64. The molecule has 0 aliphatic carbocycles. The molecule has 80 valence electrons. The molecule has 0 fully saturated rings. The Balaban J connectivity index is 2.43. The topological polar surface area (TPSA) is 46.3 Å². The lowest BCUT2D eigenvalue weighted by molar-refractivity contribution is -0.474. The monoisotopic (exact) mass is 206 g/mol. The van der Waals surface area contributed by atoms with E-state index in [1.54, 1.807) is 20.4 Å². The highest BCUT2D eigenvalue weighted by molar-refractivity contribution is 5.83. The van der Waals surface area contributed by atoms with Gasteiger partial charge in [0.2, 0.25) is 6.34 Å². The Morgan fingerprint density at radius 1 is 1.47 bits per heavy atom. The summed E-state index contributed by atoms with van der Waals surface area (Å²) in [6.45, 7) is 0.710. The molecule has 4 nitrogen and oxygen atoms in total. The van der Waals surface area contributed by atoms with Gasteiger partial charge in [-0.1, -0.05) is 30.3 Å². The van der Waals surface area contributed by atoms with Gasteiger partial charge >= 0.3 is 6.03 Å². The van der Waals surface area contributed by atoms with Gasteiger partial charge in [0, 0.05) is 7.05 Å². The molecular formula is C11H16N3O+. The summed E-state index contributed by atoms with van der Waals surface area (Å²) in [7, 11) is 3.29. The van der Waals surface area contributed by atoms with Crippen molar-refractivity contribution in [2.24, 2.45) is 0 Å². The number of nitrogens with zero attached hydrogens (tertiary/aromatic N) is 1. The highest BCUT2D eigenvalue weighted by Crippen LogP contribution is 1.93. The molecule has 1 rings (SSSR count). The molecule has 0 atom stereocenters. The maximum Gasteiger partial charge on any atom is 0.407 e. The number of benzene rings is 1. The van der Waals surface area contributed by atoms with Crippen molar-refractivity contribution in [1.82, 2.24) is 10.2 Å². The second-order valence-corrected chi connectivity index (χ2v) is 3.16. The van der Waals surface area contributed by atoms with Crippen LogP contribution < -0.4 is 10.3 Å². The normalized spacial score (nSPS) is 10.3. The van der Waals surface area contributed by atoms with Crippen LogP contribution in [0.25, 0.3) is 0 Å². The van der Waals surface area contributed by atoms with E-state index < -0.39 is 0 Å². The number of nitrogens with one attached hydrogen (secondary N) is 2. The fourth-order valence-electron chi connectivity index (χ4n) is 1.13. The first-order chi connectivity index (χ1) is 7.24. The van der Waals surface area contributed by atoms with E-state index in [1.165, 1.54) is 10.5 Å². The Hall–Kier alpha value is -1.84. The Morgan fingerprint density at radius 2 is 2.13 bits per heavy atom. The molecule has 0 saturated carbocycles. The van der Waals surface area contributed by atoms with Crippen LogP contribution in [-0.4, -0.2) is 31.4 Å². The third-order valence-electron chi connectivity index (χ3n) is 1.97. The van der Waals surface area contributed by atoms with Gasteiger partial charge in [0.1, 0.15) is 6.54 Å². The molecule has 0 saturated heterocycles. The molecule has 2 N–H and O–H groups in total. The zero-order valence-corrected chi connectivity index (χ0v) is 9.03. The van der Waals surface area contributed by atoms with Gasteiger partial charge in [0.05, 0.1) is 7.05 Å². The van der Waals surface area contributed by atoms with Gasteiger partial charge in [0.15, 0.2) is 0 Å². The largest absolute Gasteiger partial charge is 0.407 e. The lowest BCUT2D eigenvalue weighted by atomic mass is 10.2. The Morgan fingerprint density at radius 3 is 2.73 bits per heavy atom. The zero-order chi connectivity index (χ0) is 11.1. The number of hydrogen-bond donors (Lipinski definition) is 2. The van der Waals surface area contributed by atoms with Crippen LogP contribution in [0.2, 0.25) is 0 Å². The van der Waals surface area contributed by atoms with Crippen LogP contribution in [0.15, 0.2) is 30.3 Å². The van der Waals surface area contributed by atoms with Gasteiger partial charge in [-0.25, -0.2) is 4.79 Å². The van der Waals surface area contributed by atoms with Gasteiger partial charge in [0.25, 0.3) is 0 Å². The molecule has 0 bridgehead atoms. The van der Waals surface area contributed by atoms with E-state index in [2.05, 4.69) is 10.3 Å². The van der Waals surface area contributed by atoms with Crippen LogP contribution in [0.5, 0.6) is 0 Å². The summed E-state index contributed by atoms with van der Waals surface area (Å²) in [4.78, 5) is 15.6. The van der Waals surface area contributed by atoms with Crippen molar-refractivity contribution in [3.63, 3.8) is 0 Å². The second-order valence-electron chi connectivity index (χ2n) is 3.16. The Labute approximate surface area is 89.6 Å². The number of urea groups is 1. The van der Waals surface area contributed by atoms with Crippen molar-refractivity contribution in [2.45, 2.75) is 6.54 Å². The van der Waals surface area contributed by atoms with Crippen molar-refractivity contribution in [2.75, 3.05) is 14.1 Å². The van der Waals surface area contributed by atoms with E-state index in [9.17, 15) is 4.79 Å². The quantitative estimate of drug-likeness (QED) is 0.511. The standard InChI is InChI=1S/C11H15N3O/c1-12-11(15)14(2)9-13-8-10-6-4-3-5-7-10/h3-7,9H,8H2,1-2H3,(H,12,15)/p+1. The highest BCUT2D eigenvalue weighted by Gasteiger charge is 2.08. The molecule has 0 unspecified atom stereocenters. The molecule has 15 heavy (non-hydrogen) atoms. The van der Waals surface area contributed by atoms with Crippen LogP contribution in [0.4, 0.5) is 4.79 Å². The summed E-state index contributed by atoms with van der Waals surface area (Å²) < 4.78 is 0. The summed E-state index contributed by atoms with van der Waals surface area (Å²) in [5.41, 5.74) is 1.18. The van der Waals surface area contributed by atoms with Crippen LogP contribution in [0, 0.1) is 0 Å². The number of hydrogen-bond acceptors (Lipinski definition) is 1. The number of carbonyl (C=O) groups excluding carboxylic acids is 1. The van der Waals surface area contributed by atoms with E-state index in [4.69, 9.17) is 0 Å². The number of carbonyl (C=O) groups is 1. The molecule has 0 aliphatic rings. The van der Waals surface area contributed by atoms with Crippen LogP contribution in [0.1, 0.15) is 5.56 Å². The summed E-state index contributed by atoms with van der Waals surface area (Å²) >= 11 is 0. The van der Waals surface area contributed by atoms with Crippen molar-refractivity contribution in [1.29, 1.82) is 0 Å². The molecule has 2 amide bonds. The predicted molar refractivity (Wildman–Crippen MR) is 59.4 cm³/mol. The molecule has 4 heteroatoms. The van der Waals surface area contributed by atoms with Gasteiger partial charge < -0.3 is 5.32 Å². The maximum absolute atomic E-state index is 11.1. The first kappa shape index (κ1) is 11.2. The van der Waals surface area contributed by atoms with Gasteiger partial charge in [-0.15, -0.1) is 0 Å². The first-order valence-corrected chi connectivity index (χ1v) is 4.79. The van der Waals surface area contributed by atoms with E-state index in [0.717, 1.165) is 0 Å². The average Bonchev–Trinajstić information content (AvgIpc) is 2.29. The summed E-state index contributed by atoms with van der Waals surface area (Å²) in [6, 6.07) is 9.86. The minimum absolute atomic E-state index is 0.143. The maximum atomic E-state index is 11.1. The first-order valence-electron chi connectivity index (χ1n) is 4.79. The van der Waals surface area contributed by atoms with Crippen LogP contribution >= 0.6 is 0 Å². The number of amides is 2. The van der Waals surface area contributed by atoms with Crippen molar-refractivity contribution in [3.05, 3.63) is 35.9 Å². The Kier molecular flexibility index (Phi) is 4.34. The molecule has 0 aromatic heterocycles. The predicted octanol–water partition coefficient (Wildman–Crippen LogP) is -0.433. The minimum Gasteiger partial charge on any atom is -0.321 e. The zero-order valence-electron chi connectivity index (χ0n) is 9.03. The fraction of sp³-hybridized carbons (Fsp3) is 0.273. The van der Waals surface area contributed by atoms with E-state index in [0.29, 0.717) is 6.54 Å². The number of rotatable bonds is 3. The van der Waals surface area contributed by atoms with Gasteiger partial charge in [-0.3, -0.25) is 4.99 Å². The molecular weight excluding hydrogens is 190 g/mol. The van der Waals surface area contributed by atoms with E-state index >= 15 is 0 Å². The van der Waals surface area contributed by atoms with E-state index in [-0.39, 0.29) is 6.03 Å². The van der Waals surface area contributed by atoms with Crippen LogP contribution in [-0.2, 0) is 6.54 Å². The molecule has 1 aromatic rings. The molecule has 0 aliphatic heterocycles. The summed E-state index contributed by atoms with van der Waals surface area (Å²) in [5.74, 6) is 0. The third-order valence-corrected chi connectivity index (χ3v) is 1.97. The lowest BCUT2D eigenvalue weighted by Gasteiger charge is -2.01. The van der Waals surface area contributed by atoms with E-state index in [1.807, 2.05) is 30.3 Å². The average molecular weight is 206 g/mol. The SMILES string of the molecule is CNC(=O)N(C)C=[NH+]Cc1ccccc1. The summed E-state index contributed by atoms with van der Waals surface area (Å²) in [5, 5.41) is 2.53. The van der Waals surface area contributed by atoms with Crippen molar-refractivity contribution in [3.8, 4) is 0 Å². The van der Waals surface area contributed by atoms with Gasteiger partial charge in [-0.05, 0) is 5.56 Å². The lowest BCUT2D eigenvalue weighted by Crippen LogP contribution is -2.70. The smallest absolute Gasteiger partial charge is 0.321 e. The molecule has 0 heterocycles.